The van der Waals surface area contributed by atoms with Crippen molar-refractivity contribution < 1.29 is 9.53 Å². The Morgan fingerprint density at radius 3 is 2.92 bits per heavy atom. The molecule has 6 nitrogen and oxygen atoms in total. The molecule has 1 amide bonds. The number of hydrogen-bond acceptors (Lipinski definition) is 4. The number of carbonyl (C=O) groups excluding carboxylic acids is 1. The highest BCUT2D eigenvalue weighted by Crippen LogP contribution is 2.56. The lowest BCUT2D eigenvalue weighted by Gasteiger charge is -2.56. The number of rotatable bonds is 4. The summed E-state index contributed by atoms with van der Waals surface area (Å²) in [6.45, 7) is 4.73. The third kappa shape index (κ3) is 2.46. The van der Waals surface area contributed by atoms with Gasteiger partial charge in [-0.2, -0.15) is 5.10 Å². The molecular weight excluding hydrogens is 316 g/mol. The predicted octanol–water partition coefficient (Wildman–Crippen LogP) is 2.85. The Kier molecular flexibility index (Phi) is 4.02. The second-order valence-corrected chi connectivity index (χ2v) is 7.45. The maximum Gasteiger partial charge on any atom is 0.259 e. The number of amides is 1. The van der Waals surface area contributed by atoms with Crippen LogP contribution in [0.15, 0.2) is 18.5 Å². The summed E-state index contributed by atoms with van der Waals surface area (Å²) >= 11 is 0. The minimum absolute atomic E-state index is 0.0133. The van der Waals surface area contributed by atoms with E-state index in [0.29, 0.717) is 17.3 Å². The van der Waals surface area contributed by atoms with Gasteiger partial charge >= 0.3 is 0 Å². The quantitative estimate of drug-likeness (QED) is 0.857. The first-order valence-electron chi connectivity index (χ1n) is 9.26. The first kappa shape index (κ1) is 16.5. The molecule has 2 aliphatic rings. The summed E-state index contributed by atoms with van der Waals surface area (Å²) in [5, 5.41) is 4.28. The molecule has 25 heavy (non-hydrogen) atoms. The van der Waals surface area contributed by atoms with E-state index in [0.717, 1.165) is 31.6 Å². The summed E-state index contributed by atoms with van der Waals surface area (Å²) in [5.74, 6) is 0.0133. The topological polar surface area (TPSA) is 59.7 Å². The fourth-order valence-electron chi connectivity index (χ4n) is 4.84. The largest absolute Gasteiger partial charge is 0.378 e. The zero-order valence-corrected chi connectivity index (χ0v) is 15.2. The van der Waals surface area contributed by atoms with E-state index in [-0.39, 0.29) is 17.4 Å². The molecule has 0 radical (unpaired) electrons. The third-order valence-corrected chi connectivity index (χ3v) is 6.17. The number of aromatic nitrogens is 3. The van der Waals surface area contributed by atoms with Gasteiger partial charge in [0.2, 0.25) is 0 Å². The van der Waals surface area contributed by atoms with E-state index in [4.69, 9.17) is 4.74 Å². The summed E-state index contributed by atoms with van der Waals surface area (Å²) < 4.78 is 7.66. The van der Waals surface area contributed by atoms with Crippen molar-refractivity contribution in [2.24, 2.45) is 5.41 Å². The summed E-state index contributed by atoms with van der Waals surface area (Å²) in [6.07, 6.45) is 9.51. The Balaban J connectivity index is 1.61. The predicted molar refractivity (Wildman–Crippen MR) is 94.5 cm³/mol. The number of aryl methyl sites for hydroxylation is 1. The van der Waals surface area contributed by atoms with E-state index in [9.17, 15) is 4.79 Å². The average molecular weight is 342 g/mol. The first-order valence-corrected chi connectivity index (χ1v) is 9.26. The number of fused-ring (bicyclic) bond motifs is 1. The van der Waals surface area contributed by atoms with Gasteiger partial charge in [-0.3, -0.25) is 4.79 Å². The van der Waals surface area contributed by atoms with E-state index < -0.39 is 0 Å². The highest BCUT2D eigenvalue weighted by Gasteiger charge is 2.58. The molecular formula is C19H26N4O2. The van der Waals surface area contributed by atoms with Gasteiger partial charge in [-0.25, -0.2) is 9.50 Å². The average Bonchev–Trinajstić information content (AvgIpc) is 3.25. The molecule has 2 atom stereocenters. The fraction of sp³-hybridized carbons (Fsp3) is 0.632. The van der Waals surface area contributed by atoms with E-state index in [2.05, 4.69) is 17.0 Å². The maximum atomic E-state index is 13.2. The lowest BCUT2D eigenvalue weighted by atomic mass is 9.60. The van der Waals surface area contributed by atoms with Gasteiger partial charge in [-0.15, -0.1) is 0 Å². The van der Waals surface area contributed by atoms with Gasteiger partial charge in [-0.1, -0.05) is 12.8 Å². The van der Waals surface area contributed by atoms with Crippen molar-refractivity contribution in [3.05, 3.63) is 29.7 Å². The van der Waals surface area contributed by atoms with Crippen LogP contribution < -0.4 is 0 Å². The summed E-state index contributed by atoms with van der Waals surface area (Å²) in [5.41, 5.74) is 2.25. The fourth-order valence-corrected chi connectivity index (χ4v) is 4.84. The van der Waals surface area contributed by atoms with Gasteiger partial charge in [0.1, 0.15) is 5.56 Å². The van der Waals surface area contributed by atoms with Crippen LogP contribution in [0.1, 0.15) is 55.1 Å². The normalized spacial score (nSPS) is 24.6. The minimum Gasteiger partial charge on any atom is -0.378 e. The van der Waals surface area contributed by atoms with Crippen molar-refractivity contribution in [3.63, 3.8) is 0 Å². The van der Waals surface area contributed by atoms with Crippen molar-refractivity contribution in [2.75, 3.05) is 13.7 Å². The van der Waals surface area contributed by atoms with Crippen LogP contribution in [0.4, 0.5) is 0 Å². The molecule has 0 N–H and O–H groups in total. The Bertz CT molecular complexity index is 794. The Morgan fingerprint density at radius 1 is 1.44 bits per heavy atom. The van der Waals surface area contributed by atoms with Crippen molar-refractivity contribution in [1.29, 1.82) is 0 Å². The van der Waals surface area contributed by atoms with Crippen molar-refractivity contribution in [1.82, 2.24) is 19.5 Å². The molecule has 4 rings (SSSR count). The molecule has 2 fully saturated rings. The van der Waals surface area contributed by atoms with Gasteiger partial charge in [0, 0.05) is 37.0 Å². The van der Waals surface area contributed by atoms with Gasteiger partial charge in [0.15, 0.2) is 5.65 Å². The number of carbonyl (C=O) groups is 1. The van der Waals surface area contributed by atoms with Gasteiger partial charge in [0.25, 0.3) is 5.91 Å². The molecule has 2 aromatic heterocycles. The Morgan fingerprint density at radius 2 is 2.20 bits per heavy atom. The molecule has 2 aromatic rings. The van der Waals surface area contributed by atoms with Gasteiger partial charge in [0.05, 0.1) is 12.3 Å². The van der Waals surface area contributed by atoms with Crippen LogP contribution in [0.25, 0.3) is 5.65 Å². The molecule has 2 aliphatic carbocycles. The number of hydrogen-bond donors (Lipinski definition) is 0. The van der Waals surface area contributed by atoms with Crippen molar-refractivity contribution >= 4 is 11.6 Å². The minimum atomic E-state index is 0.0133. The van der Waals surface area contributed by atoms with Crippen LogP contribution >= 0.6 is 0 Å². The molecule has 0 bridgehead atoms. The number of ether oxygens (including phenoxy) is 1. The Labute approximate surface area is 148 Å². The van der Waals surface area contributed by atoms with E-state index in [1.165, 1.54) is 12.8 Å². The molecule has 0 aromatic carbocycles. The second-order valence-electron chi connectivity index (χ2n) is 7.45. The standard InChI is InChI=1S/C19H26N4O2/c1-4-25-16-11-15(19(16)8-5-6-9-19)22(3)18(24)14-12-20-23-10-7-13(2)21-17(14)23/h7,10,12,15-16H,4-6,8-9,11H2,1-3H3/t15-,16-/m1/s1. The third-order valence-electron chi connectivity index (χ3n) is 6.17. The van der Waals surface area contributed by atoms with Crippen LogP contribution in [0.3, 0.4) is 0 Å². The first-order chi connectivity index (χ1) is 12.1. The molecule has 134 valence electrons. The second kappa shape index (κ2) is 6.09. The van der Waals surface area contributed by atoms with E-state index in [1.54, 1.807) is 10.7 Å². The monoisotopic (exact) mass is 342 g/mol. The summed E-state index contributed by atoms with van der Waals surface area (Å²) in [7, 11) is 1.93. The smallest absolute Gasteiger partial charge is 0.259 e. The molecule has 6 heteroatoms. The Hall–Kier alpha value is -1.95. The van der Waals surface area contributed by atoms with Gasteiger partial charge < -0.3 is 9.64 Å². The van der Waals surface area contributed by atoms with Crippen molar-refractivity contribution in [2.45, 2.75) is 58.1 Å². The SMILES string of the molecule is CCO[C@@H]1C[C@@H](N(C)C(=O)c2cnn3ccc(C)nc23)C12CCCC2. The van der Waals surface area contributed by atoms with Gasteiger partial charge in [-0.05, 0) is 39.2 Å². The highest BCUT2D eigenvalue weighted by molar-refractivity contribution is 5.99. The summed E-state index contributed by atoms with van der Waals surface area (Å²) in [6, 6.07) is 2.14. The molecule has 2 heterocycles. The number of nitrogens with zero attached hydrogens (tertiary/aromatic N) is 4. The van der Waals surface area contributed by atoms with Crippen LogP contribution in [-0.4, -0.2) is 51.2 Å². The zero-order chi connectivity index (χ0) is 17.6. The summed E-state index contributed by atoms with van der Waals surface area (Å²) in [4.78, 5) is 19.6. The van der Waals surface area contributed by atoms with E-state index >= 15 is 0 Å². The van der Waals surface area contributed by atoms with Crippen molar-refractivity contribution in [3.8, 4) is 0 Å². The van der Waals surface area contributed by atoms with Crippen LogP contribution in [0.5, 0.6) is 0 Å². The molecule has 0 saturated heterocycles. The maximum absolute atomic E-state index is 13.2. The molecule has 1 spiro atoms. The van der Waals surface area contributed by atoms with Crippen LogP contribution in [-0.2, 0) is 4.74 Å². The highest BCUT2D eigenvalue weighted by atomic mass is 16.5. The molecule has 0 aliphatic heterocycles. The lowest BCUT2D eigenvalue weighted by molar-refractivity contribution is -0.152. The van der Waals surface area contributed by atoms with Crippen LogP contribution in [0.2, 0.25) is 0 Å². The lowest BCUT2D eigenvalue weighted by Crippen LogP contribution is -2.64. The van der Waals surface area contributed by atoms with Crippen LogP contribution in [0, 0.1) is 12.3 Å². The molecule has 0 unspecified atom stereocenters. The zero-order valence-electron chi connectivity index (χ0n) is 15.2. The molecule has 2 saturated carbocycles. The van der Waals surface area contributed by atoms with E-state index in [1.807, 2.05) is 31.1 Å².